The molecule has 0 amide bonds. The molecule has 2 bridgehead atoms. The van der Waals surface area contributed by atoms with Crippen LogP contribution in [0.5, 0.6) is 0 Å². The smallest absolute Gasteiger partial charge is 0.163 e. The van der Waals surface area contributed by atoms with Gasteiger partial charge in [0.15, 0.2) is 5.82 Å². The maximum Gasteiger partial charge on any atom is 0.163 e. The van der Waals surface area contributed by atoms with Gasteiger partial charge in [0.25, 0.3) is 0 Å². The van der Waals surface area contributed by atoms with E-state index < -0.39 is 0 Å². The van der Waals surface area contributed by atoms with E-state index in [4.69, 9.17) is 0 Å². The highest BCUT2D eigenvalue weighted by Gasteiger charge is 2.40. The molecule has 2 aliphatic heterocycles. The lowest BCUT2D eigenvalue weighted by molar-refractivity contribution is -0.00285. The van der Waals surface area contributed by atoms with Gasteiger partial charge in [-0.1, -0.05) is 38.1 Å². The van der Waals surface area contributed by atoms with Gasteiger partial charge in [0, 0.05) is 36.9 Å². The van der Waals surface area contributed by atoms with E-state index in [1.807, 2.05) is 0 Å². The van der Waals surface area contributed by atoms with Gasteiger partial charge in [0.1, 0.15) is 5.03 Å². The number of rotatable bonds is 3. The van der Waals surface area contributed by atoms with E-state index >= 15 is 0 Å². The average molecular weight is 381 g/mol. The van der Waals surface area contributed by atoms with E-state index in [-0.39, 0.29) is 0 Å². The Hall–Kier alpha value is -1.59. The summed E-state index contributed by atoms with van der Waals surface area (Å²) in [5, 5.41) is 4.43. The Balaban J connectivity index is 1.31. The van der Waals surface area contributed by atoms with Crippen molar-refractivity contribution >= 4 is 23.3 Å². The number of likely N-dealkylation sites (tertiary alicyclic amines) is 1. The minimum absolute atomic E-state index is 0.874. The predicted octanol–water partition coefficient (Wildman–Crippen LogP) is 5.19. The van der Waals surface area contributed by atoms with Crippen LogP contribution in [0.3, 0.4) is 0 Å². The monoisotopic (exact) mass is 380 g/mol. The van der Waals surface area contributed by atoms with E-state index in [1.165, 1.54) is 48.5 Å². The molecule has 2 aromatic rings. The largest absolute Gasteiger partial charge is 0.337 e. The third kappa shape index (κ3) is 3.36. The predicted molar refractivity (Wildman–Crippen MR) is 110 cm³/mol. The third-order valence-corrected chi connectivity index (χ3v) is 7.72. The number of piperidine rings is 1. The molecule has 1 N–H and O–H groups in total. The van der Waals surface area contributed by atoms with Crippen LogP contribution in [-0.4, -0.2) is 28.0 Å². The fourth-order valence-corrected chi connectivity index (χ4v) is 6.53. The molecule has 2 fully saturated rings. The van der Waals surface area contributed by atoms with Crippen molar-refractivity contribution in [2.24, 2.45) is 23.7 Å². The third-order valence-electron chi connectivity index (χ3n) is 6.65. The van der Waals surface area contributed by atoms with Gasteiger partial charge in [-0.25, -0.2) is 9.97 Å². The standard InChI is InChI=1S/C22H28N4S/c1-3-18-16-8-14(2)9-17(18)13-26(12-16)11-15-4-5-20-19(10-15)25-21-22(27-20)24-7-6-23-21/h4-7,10,14,16-18H,3,8-9,11-13H2,1-2H3,(H,23,25). The maximum absolute atomic E-state index is 4.42. The maximum atomic E-state index is 4.42. The molecule has 3 aliphatic rings. The molecule has 27 heavy (non-hydrogen) atoms. The first kappa shape index (κ1) is 17.5. The molecule has 1 saturated carbocycles. The molecule has 5 heteroatoms. The Bertz CT molecular complexity index is 823. The summed E-state index contributed by atoms with van der Waals surface area (Å²) in [6, 6.07) is 6.84. The highest BCUT2D eigenvalue weighted by molar-refractivity contribution is 7.99. The van der Waals surface area contributed by atoms with Gasteiger partial charge in [0.2, 0.25) is 0 Å². The number of nitrogens with one attached hydrogen (secondary N) is 1. The fraction of sp³-hybridized carbons (Fsp3) is 0.545. The van der Waals surface area contributed by atoms with Crippen LogP contribution in [0.2, 0.25) is 0 Å². The number of nitrogens with zero attached hydrogens (tertiary/aromatic N) is 3. The number of aromatic nitrogens is 2. The van der Waals surface area contributed by atoms with Crippen molar-refractivity contribution in [1.82, 2.24) is 14.9 Å². The Morgan fingerprint density at radius 3 is 2.70 bits per heavy atom. The van der Waals surface area contributed by atoms with Gasteiger partial charge in [-0.2, -0.15) is 0 Å². The molecule has 2 atom stereocenters. The second kappa shape index (κ2) is 7.10. The summed E-state index contributed by atoms with van der Waals surface area (Å²) < 4.78 is 0. The second-order valence-electron chi connectivity index (χ2n) is 8.63. The molecular formula is C22H28N4S. The van der Waals surface area contributed by atoms with Crippen LogP contribution in [0.1, 0.15) is 38.7 Å². The van der Waals surface area contributed by atoms with Crippen molar-refractivity contribution in [2.75, 3.05) is 18.4 Å². The second-order valence-corrected chi connectivity index (χ2v) is 9.66. The van der Waals surface area contributed by atoms with Crippen molar-refractivity contribution in [1.29, 1.82) is 0 Å². The normalized spacial score (nSPS) is 29.6. The Morgan fingerprint density at radius 2 is 1.93 bits per heavy atom. The first-order valence-electron chi connectivity index (χ1n) is 10.3. The summed E-state index contributed by atoms with van der Waals surface area (Å²) in [6.45, 7) is 8.45. The molecule has 2 unspecified atom stereocenters. The zero-order valence-corrected chi connectivity index (χ0v) is 17.0. The minimum Gasteiger partial charge on any atom is -0.337 e. The summed E-state index contributed by atoms with van der Waals surface area (Å²) in [5.41, 5.74) is 2.57. The van der Waals surface area contributed by atoms with Crippen molar-refractivity contribution in [2.45, 2.75) is 49.6 Å². The zero-order chi connectivity index (χ0) is 18.4. The zero-order valence-electron chi connectivity index (χ0n) is 16.2. The van der Waals surface area contributed by atoms with E-state index in [1.54, 1.807) is 24.2 Å². The number of fused-ring (bicyclic) bond motifs is 4. The van der Waals surface area contributed by atoms with Crippen LogP contribution in [0, 0.1) is 23.7 Å². The quantitative estimate of drug-likeness (QED) is 0.677. The van der Waals surface area contributed by atoms with E-state index in [9.17, 15) is 0 Å². The van der Waals surface area contributed by atoms with Crippen LogP contribution in [0.25, 0.3) is 0 Å². The highest BCUT2D eigenvalue weighted by atomic mass is 32.2. The van der Waals surface area contributed by atoms with Crippen molar-refractivity contribution < 1.29 is 0 Å². The lowest BCUT2D eigenvalue weighted by atomic mass is 9.64. The van der Waals surface area contributed by atoms with Gasteiger partial charge in [-0.15, -0.1) is 0 Å². The number of benzene rings is 1. The van der Waals surface area contributed by atoms with Crippen LogP contribution >= 0.6 is 11.8 Å². The fourth-order valence-electron chi connectivity index (χ4n) is 5.66. The molecular weight excluding hydrogens is 352 g/mol. The Labute approximate surface area is 166 Å². The average Bonchev–Trinajstić information content (AvgIpc) is 2.65. The first-order valence-corrected chi connectivity index (χ1v) is 11.1. The van der Waals surface area contributed by atoms with Crippen LogP contribution in [0.15, 0.2) is 40.5 Å². The molecule has 1 aliphatic carbocycles. The van der Waals surface area contributed by atoms with Crippen LogP contribution in [0.4, 0.5) is 11.5 Å². The van der Waals surface area contributed by atoms with Gasteiger partial charge in [0.05, 0.1) is 5.69 Å². The van der Waals surface area contributed by atoms with Gasteiger partial charge in [-0.3, -0.25) is 4.90 Å². The number of anilines is 2. The topological polar surface area (TPSA) is 41.0 Å². The van der Waals surface area contributed by atoms with Crippen LogP contribution in [-0.2, 0) is 6.54 Å². The SMILES string of the molecule is CCC1C2CC(C)CC1CN(Cc1ccc3c(c1)Nc1nccnc1S3)C2. The Kier molecular flexibility index (Phi) is 4.60. The van der Waals surface area contributed by atoms with Crippen molar-refractivity contribution in [3.05, 3.63) is 36.2 Å². The van der Waals surface area contributed by atoms with E-state index in [0.717, 1.165) is 41.1 Å². The lowest BCUT2D eigenvalue weighted by Crippen LogP contribution is -2.49. The molecule has 1 saturated heterocycles. The van der Waals surface area contributed by atoms with E-state index in [0.29, 0.717) is 0 Å². The van der Waals surface area contributed by atoms with Crippen molar-refractivity contribution in [3.63, 3.8) is 0 Å². The number of hydrogen-bond acceptors (Lipinski definition) is 5. The molecule has 4 nitrogen and oxygen atoms in total. The summed E-state index contributed by atoms with van der Waals surface area (Å²) in [6.07, 6.45) is 7.70. The molecule has 1 aromatic heterocycles. The minimum atomic E-state index is 0.874. The van der Waals surface area contributed by atoms with Gasteiger partial charge < -0.3 is 5.32 Å². The molecule has 0 radical (unpaired) electrons. The van der Waals surface area contributed by atoms with Gasteiger partial charge in [-0.05, 0) is 54.2 Å². The summed E-state index contributed by atoms with van der Waals surface area (Å²) >= 11 is 1.70. The lowest BCUT2D eigenvalue weighted by Gasteiger charge is -2.49. The summed E-state index contributed by atoms with van der Waals surface area (Å²) in [7, 11) is 0. The summed E-state index contributed by atoms with van der Waals surface area (Å²) in [4.78, 5) is 12.8. The van der Waals surface area contributed by atoms with E-state index in [2.05, 4.69) is 52.2 Å². The summed E-state index contributed by atoms with van der Waals surface area (Å²) in [5.74, 6) is 4.53. The van der Waals surface area contributed by atoms with Gasteiger partial charge >= 0.3 is 0 Å². The molecule has 3 heterocycles. The molecule has 0 spiro atoms. The van der Waals surface area contributed by atoms with Crippen molar-refractivity contribution in [3.8, 4) is 0 Å². The molecule has 5 rings (SSSR count). The highest BCUT2D eigenvalue weighted by Crippen LogP contribution is 2.45. The molecule has 142 valence electrons. The molecule has 1 aromatic carbocycles. The first-order chi connectivity index (χ1) is 13.2. The Morgan fingerprint density at radius 1 is 1.15 bits per heavy atom. The number of hydrogen-bond donors (Lipinski definition) is 1. The van der Waals surface area contributed by atoms with Crippen LogP contribution < -0.4 is 5.32 Å².